The van der Waals surface area contributed by atoms with Gasteiger partial charge < -0.3 is 4.98 Å². The smallest absolute Gasteiger partial charge is 0.253 e. The van der Waals surface area contributed by atoms with Gasteiger partial charge in [-0.1, -0.05) is 11.6 Å². The van der Waals surface area contributed by atoms with Gasteiger partial charge in [0, 0.05) is 17.1 Å². The molecule has 0 atom stereocenters. The first-order chi connectivity index (χ1) is 9.85. The highest BCUT2D eigenvalue weighted by Gasteiger charge is 2.27. The summed E-state index contributed by atoms with van der Waals surface area (Å²) in [5.74, 6) is 1.19. The van der Waals surface area contributed by atoms with Gasteiger partial charge in [0.2, 0.25) is 0 Å². The van der Waals surface area contributed by atoms with Gasteiger partial charge in [-0.3, -0.25) is 13.9 Å². The second-order valence-corrected chi connectivity index (χ2v) is 8.14. The molecule has 2 aromatic heterocycles. The number of fused-ring (bicyclic) bond motifs is 1. The molecule has 0 amide bonds. The maximum atomic E-state index is 12.2. The maximum Gasteiger partial charge on any atom is 0.253 e. The second-order valence-electron chi connectivity index (χ2n) is 5.36. The van der Waals surface area contributed by atoms with E-state index in [-0.39, 0.29) is 11.5 Å². The van der Waals surface area contributed by atoms with Gasteiger partial charge in [-0.15, -0.1) is 0 Å². The number of halogens is 1. The van der Waals surface area contributed by atoms with Crippen molar-refractivity contribution < 1.29 is 9.11 Å². The first kappa shape index (κ1) is 14.8. The Morgan fingerprint density at radius 3 is 2.67 bits per heavy atom. The Morgan fingerprint density at radius 1 is 1.33 bits per heavy atom. The van der Waals surface area contributed by atoms with Crippen LogP contribution in [-0.4, -0.2) is 35.6 Å². The van der Waals surface area contributed by atoms with Gasteiger partial charge in [0.05, 0.1) is 5.39 Å². The van der Waals surface area contributed by atoms with Gasteiger partial charge in [-0.2, -0.15) is 10.6 Å². The summed E-state index contributed by atoms with van der Waals surface area (Å²) in [7, 11) is -2.46. The summed E-state index contributed by atoms with van der Waals surface area (Å²) < 4.78 is 19.3. The summed E-state index contributed by atoms with van der Waals surface area (Å²) in [6.45, 7) is 1.71. The zero-order chi connectivity index (χ0) is 15.2. The zero-order valence-corrected chi connectivity index (χ0v) is 13.0. The van der Waals surface area contributed by atoms with Crippen molar-refractivity contribution in [3.05, 3.63) is 33.0 Å². The van der Waals surface area contributed by atoms with Crippen molar-refractivity contribution in [2.75, 3.05) is 11.5 Å². The topological polar surface area (TPSA) is 99.1 Å². The number of aryl methyl sites for hydroxylation is 1. The van der Waals surface area contributed by atoms with Crippen LogP contribution < -0.4 is 5.56 Å². The highest BCUT2D eigenvalue weighted by molar-refractivity contribution is 8.24. The van der Waals surface area contributed by atoms with E-state index >= 15 is 0 Å². The Bertz CT molecular complexity index is 752. The summed E-state index contributed by atoms with van der Waals surface area (Å²) in [5, 5.41) is 0.934. The van der Waals surface area contributed by atoms with E-state index in [2.05, 4.69) is 15.0 Å². The molecule has 3 N–H and O–H groups in total. The molecule has 1 saturated heterocycles. The van der Waals surface area contributed by atoms with Crippen LogP contribution >= 0.6 is 22.2 Å². The SMILES string of the molecule is Cc1nc(Cl)c2cc(C3CCS(O)(O)CC3)c(=O)[nH]c2n1. The van der Waals surface area contributed by atoms with E-state index in [0.29, 0.717) is 51.9 Å². The highest BCUT2D eigenvalue weighted by Crippen LogP contribution is 2.47. The fourth-order valence-corrected chi connectivity index (χ4v) is 4.49. The van der Waals surface area contributed by atoms with Crippen LogP contribution in [0.3, 0.4) is 0 Å². The van der Waals surface area contributed by atoms with Crippen LogP contribution in [0.15, 0.2) is 10.9 Å². The number of H-pyrrole nitrogens is 1. The van der Waals surface area contributed by atoms with Gasteiger partial charge in [0.15, 0.2) is 0 Å². The second kappa shape index (κ2) is 5.24. The number of aromatic amines is 1. The third-order valence-corrected chi connectivity index (χ3v) is 5.90. The summed E-state index contributed by atoms with van der Waals surface area (Å²) >= 11 is 6.12. The third-order valence-electron chi connectivity index (χ3n) is 3.83. The molecule has 0 radical (unpaired) electrons. The highest BCUT2D eigenvalue weighted by atomic mass is 35.5. The van der Waals surface area contributed by atoms with E-state index in [0.717, 1.165) is 0 Å². The normalized spacial score (nSPS) is 20.6. The Kier molecular flexibility index (Phi) is 3.69. The summed E-state index contributed by atoms with van der Waals surface area (Å²) in [6, 6.07) is 1.73. The van der Waals surface area contributed by atoms with Crippen LogP contribution in [0.2, 0.25) is 5.15 Å². The minimum absolute atomic E-state index is 0.00967. The number of nitrogens with zero attached hydrogens (tertiary/aromatic N) is 2. The number of pyridine rings is 1. The van der Waals surface area contributed by atoms with E-state index in [9.17, 15) is 13.9 Å². The van der Waals surface area contributed by atoms with E-state index < -0.39 is 10.6 Å². The molecule has 8 heteroatoms. The summed E-state index contributed by atoms with van der Waals surface area (Å²) in [4.78, 5) is 23.3. The minimum atomic E-state index is -2.46. The largest absolute Gasteiger partial charge is 0.306 e. The zero-order valence-electron chi connectivity index (χ0n) is 11.5. The van der Waals surface area contributed by atoms with Gasteiger partial charge in [-0.05, 0) is 31.7 Å². The van der Waals surface area contributed by atoms with Crippen molar-refractivity contribution in [1.29, 1.82) is 0 Å². The average Bonchev–Trinajstić information content (AvgIpc) is 2.38. The number of rotatable bonds is 1. The molecule has 0 unspecified atom stereocenters. The van der Waals surface area contributed by atoms with E-state index in [1.807, 2.05) is 0 Å². The first-order valence-corrected chi connectivity index (χ1v) is 8.93. The van der Waals surface area contributed by atoms with Crippen LogP contribution in [-0.2, 0) is 0 Å². The van der Waals surface area contributed by atoms with Crippen molar-refractivity contribution in [3.8, 4) is 0 Å². The average molecular weight is 330 g/mol. The van der Waals surface area contributed by atoms with Crippen molar-refractivity contribution >= 4 is 33.2 Å². The lowest BCUT2D eigenvalue weighted by molar-refractivity contribution is 0.457. The molecule has 0 aromatic carbocycles. The summed E-state index contributed by atoms with van der Waals surface area (Å²) in [6.07, 6.45) is 1.17. The van der Waals surface area contributed by atoms with Crippen LogP contribution in [0, 0.1) is 6.92 Å². The Morgan fingerprint density at radius 2 is 2.00 bits per heavy atom. The van der Waals surface area contributed by atoms with Crippen molar-refractivity contribution in [2.45, 2.75) is 25.7 Å². The number of aromatic nitrogens is 3. The maximum absolute atomic E-state index is 12.2. The molecule has 0 bridgehead atoms. The molecule has 3 heterocycles. The number of nitrogens with one attached hydrogen (secondary N) is 1. The molecule has 1 aliphatic heterocycles. The van der Waals surface area contributed by atoms with Gasteiger partial charge in [-0.25, -0.2) is 9.97 Å². The van der Waals surface area contributed by atoms with Crippen LogP contribution in [0.4, 0.5) is 0 Å². The third kappa shape index (κ3) is 2.91. The predicted molar refractivity (Wildman–Crippen MR) is 84.5 cm³/mol. The fraction of sp³-hybridized carbons (Fsp3) is 0.462. The molecule has 1 aliphatic rings. The molecular formula is C13H16ClN3O3S. The molecule has 114 valence electrons. The first-order valence-electron chi connectivity index (χ1n) is 6.66. The molecule has 3 rings (SSSR count). The van der Waals surface area contributed by atoms with E-state index in [1.54, 1.807) is 13.0 Å². The molecule has 1 fully saturated rings. The predicted octanol–water partition coefficient (Wildman–Crippen LogP) is 2.91. The summed E-state index contributed by atoms with van der Waals surface area (Å²) in [5.41, 5.74) is 0.855. The van der Waals surface area contributed by atoms with E-state index in [1.165, 1.54) is 0 Å². The fourth-order valence-electron chi connectivity index (χ4n) is 2.69. The van der Waals surface area contributed by atoms with Crippen LogP contribution in [0.25, 0.3) is 11.0 Å². The molecule has 0 aliphatic carbocycles. The lowest BCUT2D eigenvalue weighted by Gasteiger charge is -2.39. The van der Waals surface area contributed by atoms with Gasteiger partial charge >= 0.3 is 0 Å². The Balaban J connectivity index is 2.04. The van der Waals surface area contributed by atoms with Crippen molar-refractivity contribution in [3.63, 3.8) is 0 Å². The molecule has 6 nitrogen and oxygen atoms in total. The van der Waals surface area contributed by atoms with Crippen molar-refractivity contribution in [1.82, 2.24) is 15.0 Å². The lowest BCUT2D eigenvalue weighted by Crippen LogP contribution is -2.24. The van der Waals surface area contributed by atoms with Gasteiger partial charge in [0.1, 0.15) is 16.6 Å². The monoisotopic (exact) mass is 329 g/mol. The van der Waals surface area contributed by atoms with Gasteiger partial charge in [0.25, 0.3) is 5.56 Å². The number of hydrogen-bond donors (Lipinski definition) is 3. The minimum Gasteiger partial charge on any atom is -0.306 e. The Labute approximate surface area is 127 Å². The molecule has 0 spiro atoms. The molecule has 21 heavy (non-hydrogen) atoms. The molecular weight excluding hydrogens is 314 g/mol. The molecule has 0 saturated carbocycles. The standard InChI is InChI=1S/C13H16ClN3O3S/c1-7-15-11(14)10-6-9(13(18)17-12(10)16-7)8-2-4-21(19,20)5-3-8/h6,8,19-20H,2-5H2,1H3,(H,15,16,17,18). The Hall–Kier alpha value is -1.15. The lowest BCUT2D eigenvalue weighted by atomic mass is 9.94. The number of hydrogen-bond acceptors (Lipinski definition) is 5. The van der Waals surface area contributed by atoms with Crippen LogP contribution in [0.5, 0.6) is 0 Å². The quantitative estimate of drug-likeness (QED) is 0.699. The molecule has 2 aromatic rings. The van der Waals surface area contributed by atoms with Crippen LogP contribution in [0.1, 0.15) is 30.1 Å². The van der Waals surface area contributed by atoms with E-state index in [4.69, 9.17) is 11.6 Å². The van der Waals surface area contributed by atoms with Crippen molar-refractivity contribution in [2.24, 2.45) is 0 Å².